The van der Waals surface area contributed by atoms with Gasteiger partial charge in [-0.2, -0.15) is 4.99 Å². The van der Waals surface area contributed by atoms with Gasteiger partial charge in [0.05, 0.1) is 5.54 Å². The minimum absolute atomic E-state index is 0.197. The van der Waals surface area contributed by atoms with E-state index in [0.29, 0.717) is 17.8 Å². The summed E-state index contributed by atoms with van der Waals surface area (Å²) in [5, 5.41) is 0. The van der Waals surface area contributed by atoms with Gasteiger partial charge in [-0.3, -0.25) is 4.79 Å². The maximum absolute atomic E-state index is 10.9. The summed E-state index contributed by atoms with van der Waals surface area (Å²) in [6.45, 7) is 9.55. The van der Waals surface area contributed by atoms with Crippen LogP contribution in [0.5, 0.6) is 0 Å². The van der Waals surface area contributed by atoms with Gasteiger partial charge in [0.2, 0.25) is 5.91 Å². The Balaban J connectivity index is 3.13. The Bertz CT molecular complexity index is 393. The predicted molar refractivity (Wildman–Crippen MR) is 64.5 cm³/mol. The van der Waals surface area contributed by atoms with Gasteiger partial charge < -0.3 is 16.4 Å². The Labute approximate surface area is 95.5 Å². The van der Waals surface area contributed by atoms with Gasteiger partial charge in [0.25, 0.3) is 0 Å². The second kappa shape index (κ2) is 4.00. The molecule has 0 aromatic rings. The molecule has 1 aliphatic rings. The Kier molecular flexibility index (Phi) is 3.07. The first kappa shape index (κ1) is 12.3. The number of carbonyl (C=O) groups is 1. The first-order chi connectivity index (χ1) is 7.30. The van der Waals surface area contributed by atoms with Crippen molar-refractivity contribution in [2.24, 2.45) is 16.5 Å². The third kappa shape index (κ3) is 1.93. The molecule has 0 radical (unpaired) electrons. The Morgan fingerprint density at radius 3 is 2.56 bits per heavy atom. The van der Waals surface area contributed by atoms with Crippen LogP contribution >= 0.6 is 0 Å². The topological polar surface area (TPSA) is 84.7 Å². The third-order valence-electron chi connectivity index (χ3n) is 2.84. The molecule has 0 aliphatic carbocycles. The van der Waals surface area contributed by atoms with Gasteiger partial charge in [-0.05, 0) is 20.0 Å². The van der Waals surface area contributed by atoms with Crippen LogP contribution in [0.25, 0.3) is 0 Å². The quantitative estimate of drug-likeness (QED) is 0.521. The molecule has 0 aromatic carbocycles. The van der Waals surface area contributed by atoms with Gasteiger partial charge in [0.1, 0.15) is 5.84 Å². The molecule has 0 unspecified atom stereocenters. The van der Waals surface area contributed by atoms with E-state index < -0.39 is 0 Å². The molecule has 5 nitrogen and oxygen atoms in total. The second-order valence-corrected chi connectivity index (χ2v) is 4.28. The molecule has 4 N–H and O–H groups in total. The SMILES string of the molecule is C=CN1CC(C(N)=NC(C)=O)=C(N)C1(C)C. The Morgan fingerprint density at radius 1 is 1.62 bits per heavy atom. The highest BCUT2D eigenvalue weighted by Crippen LogP contribution is 2.31. The summed E-state index contributed by atoms with van der Waals surface area (Å²) < 4.78 is 0. The molecule has 0 spiro atoms. The summed E-state index contributed by atoms with van der Waals surface area (Å²) in [6.07, 6.45) is 1.71. The van der Waals surface area contributed by atoms with Crippen LogP contribution in [-0.4, -0.2) is 28.7 Å². The van der Waals surface area contributed by atoms with Crippen molar-refractivity contribution < 1.29 is 4.79 Å². The lowest BCUT2D eigenvalue weighted by molar-refractivity contribution is -0.115. The van der Waals surface area contributed by atoms with Crippen LogP contribution in [0.4, 0.5) is 0 Å². The molecule has 1 aliphatic heterocycles. The highest BCUT2D eigenvalue weighted by atomic mass is 16.1. The van der Waals surface area contributed by atoms with Crippen molar-refractivity contribution in [2.45, 2.75) is 26.3 Å². The second-order valence-electron chi connectivity index (χ2n) is 4.28. The zero-order valence-electron chi connectivity index (χ0n) is 9.95. The van der Waals surface area contributed by atoms with Crippen molar-refractivity contribution in [3.05, 3.63) is 24.0 Å². The van der Waals surface area contributed by atoms with Crippen LogP contribution in [0.3, 0.4) is 0 Å². The molecule has 0 saturated carbocycles. The summed E-state index contributed by atoms with van der Waals surface area (Å²) in [5.41, 5.74) is 12.8. The number of carbonyl (C=O) groups excluding carboxylic acids is 1. The molecule has 0 bridgehead atoms. The van der Waals surface area contributed by atoms with Gasteiger partial charge in [-0.15, -0.1) is 0 Å². The highest BCUT2D eigenvalue weighted by molar-refractivity contribution is 6.04. The molecule has 1 amide bonds. The van der Waals surface area contributed by atoms with Crippen LogP contribution in [0.2, 0.25) is 0 Å². The zero-order valence-corrected chi connectivity index (χ0v) is 9.95. The average molecular weight is 222 g/mol. The van der Waals surface area contributed by atoms with E-state index in [9.17, 15) is 4.79 Å². The van der Waals surface area contributed by atoms with Crippen molar-refractivity contribution >= 4 is 11.7 Å². The van der Waals surface area contributed by atoms with E-state index >= 15 is 0 Å². The maximum Gasteiger partial charge on any atom is 0.244 e. The predicted octanol–water partition coefficient (Wildman–Crippen LogP) is 0.341. The number of rotatable bonds is 2. The summed E-state index contributed by atoms with van der Waals surface area (Å²) >= 11 is 0. The fraction of sp³-hybridized carbons (Fsp3) is 0.455. The van der Waals surface area contributed by atoms with Gasteiger partial charge in [0.15, 0.2) is 0 Å². The lowest BCUT2D eigenvalue weighted by Gasteiger charge is -2.31. The molecule has 5 heteroatoms. The lowest BCUT2D eigenvalue weighted by Crippen LogP contribution is -2.39. The number of amides is 1. The molecule has 0 atom stereocenters. The number of hydrogen-bond donors (Lipinski definition) is 2. The lowest BCUT2D eigenvalue weighted by atomic mass is 10.0. The molecule has 16 heavy (non-hydrogen) atoms. The summed E-state index contributed by atoms with van der Waals surface area (Å²) in [4.78, 5) is 16.5. The molecule has 0 fully saturated rings. The van der Waals surface area contributed by atoms with E-state index in [1.165, 1.54) is 6.92 Å². The summed E-state index contributed by atoms with van der Waals surface area (Å²) in [5.74, 6) is -0.130. The standard InChI is InChI=1S/C11H18N4O/c1-5-15-6-8(9(12)11(15,3)4)10(13)14-7(2)16/h5H,1,6,12H2,2-4H3,(H2,13,14,16). The van der Waals surface area contributed by atoms with Gasteiger partial charge >= 0.3 is 0 Å². The molecule has 0 saturated heterocycles. The fourth-order valence-corrected chi connectivity index (χ4v) is 1.73. The number of amidine groups is 1. The van der Waals surface area contributed by atoms with Crippen LogP contribution in [-0.2, 0) is 4.79 Å². The molecule has 88 valence electrons. The van der Waals surface area contributed by atoms with Crippen molar-refractivity contribution in [1.82, 2.24) is 4.90 Å². The molecular formula is C11H18N4O. The third-order valence-corrected chi connectivity index (χ3v) is 2.84. The first-order valence-corrected chi connectivity index (χ1v) is 5.04. The van der Waals surface area contributed by atoms with Gasteiger partial charge in [-0.1, -0.05) is 6.58 Å². The minimum Gasteiger partial charge on any atom is -0.400 e. The normalized spacial score (nSPS) is 20.2. The summed E-state index contributed by atoms with van der Waals surface area (Å²) in [7, 11) is 0. The smallest absolute Gasteiger partial charge is 0.244 e. The monoisotopic (exact) mass is 222 g/mol. The van der Waals surface area contributed by atoms with Crippen molar-refractivity contribution in [3.8, 4) is 0 Å². The minimum atomic E-state index is -0.339. The molecule has 1 rings (SSSR count). The van der Waals surface area contributed by atoms with Crippen LogP contribution < -0.4 is 11.5 Å². The molecular weight excluding hydrogens is 204 g/mol. The van der Waals surface area contributed by atoms with Crippen LogP contribution in [0, 0.1) is 0 Å². The number of nitrogens with zero attached hydrogens (tertiary/aromatic N) is 2. The van der Waals surface area contributed by atoms with Gasteiger partial charge in [-0.25, -0.2) is 0 Å². The number of aliphatic imine (C=N–C) groups is 1. The number of hydrogen-bond acceptors (Lipinski definition) is 3. The van der Waals surface area contributed by atoms with E-state index in [0.717, 1.165) is 0 Å². The highest BCUT2D eigenvalue weighted by Gasteiger charge is 2.37. The van der Waals surface area contributed by atoms with E-state index in [2.05, 4.69) is 11.6 Å². The molecule has 1 heterocycles. The molecule has 0 aromatic heterocycles. The first-order valence-electron chi connectivity index (χ1n) is 5.04. The van der Waals surface area contributed by atoms with Crippen molar-refractivity contribution in [1.29, 1.82) is 0 Å². The van der Waals surface area contributed by atoms with Crippen molar-refractivity contribution in [3.63, 3.8) is 0 Å². The number of nitrogens with two attached hydrogens (primary N) is 2. The largest absolute Gasteiger partial charge is 0.400 e. The summed E-state index contributed by atoms with van der Waals surface area (Å²) in [6, 6.07) is 0. The van der Waals surface area contributed by atoms with E-state index in [1.54, 1.807) is 6.20 Å². The van der Waals surface area contributed by atoms with E-state index in [1.807, 2.05) is 18.7 Å². The van der Waals surface area contributed by atoms with Crippen molar-refractivity contribution in [2.75, 3.05) is 6.54 Å². The van der Waals surface area contributed by atoms with Crippen LogP contribution in [0.15, 0.2) is 29.0 Å². The Hall–Kier alpha value is -1.78. The average Bonchev–Trinajstić information content (AvgIpc) is 2.38. The van der Waals surface area contributed by atoms with E-state index in [-0.39, 0.29) is 17.3 Å². The van der Waals surface area contributed by atoms with Crippen LogP contribution in [0.1, 0.15) is 20.8 Å². The Morgan fingerprint density at radius 2 is 2.19 bits per heavy atom. The maximum atomic E-state index is 10.9. The van der Waals surface area contributed by atoms with E-state index in [4.69, 9.17) is 11.5 Å². The zero-order chi connectivity index (χ0) is 12.5. The fourth-order valence-electron chi connectivity index (χ4n) is 1.73. The van der Waals surface area contributed by atoms with Gasteiger partial charge in [0, 0.05) is 24.7 Å².